The van der Waals surface area contributed by atoms with Gasteiger partial charge in [0, 0.05) is 37.1 Å². The maximum Gasteiger partial charge on any atom is 0.422 e. The second-order valence-corrected chi connectivity index (χ2v) is 7.11. The maximum absolute atomic E-state index is 12.9. The normalized spacial score (nSPS) is 14.5. The number of likely N-dealkylation sites (N-methyl/N-ethyl adjacent to an activating group) is 1. The number of alkyl halides is 3. The Bertz CT molecular complexity index is 984. The minimum absolute atomic E-state index is 0.0494. The van der Waals surface area contributed by atoms with Gasteiger partial charge in [-0.1, -0.05) is 11.6 Å². The fourth-order valence-electron chi connectivity index (χ4n) is 3.12. The molecular weight excluding hydrogens is 425 g/mol. The standard InChI is InChI=1S/C19H18ClF3N4O3/c1-10(11-5-14(20)17(26-7-11)30-9-19(21,22)23)27-8-13-12(18(27)29)3-4-25-15(13)6-16(28)24-2/h3-5,7,10H,6,8-9H2,1-2H3,(H,24,28). The van der Waals surface area contributed by atoms with Crippen LogP contribution in [0.3, 0.4) is 0 Å². The van der Waals surface area contributed by atoms with E-state index in [1.165, 1.54) is 25.5 Å². The number of carbonyl (C=O) groups is 2. The zero-order chi connectivity index (χ0) is 22.1. The Morgan fingerprint density at radius 3 is 2.77 bits per heavy atom. The third-order valence-corrected chi connectivity index (χ3v) is 4.99. The fourth-order valence-corrected chi connectivity index (χ4v) is 3.35. The smallest absolute Gasteiger partial charge is 0.422 e. The Morgan fingerprint density at radius 1 is 1.40 bits per heavy atom. The summed E-state index contributed by atoms with van der Waals surface area (Å²) in [5.41, 5.74) is 2.17. The molecule has 0 bridgehead atoms. The Hall–Kier alpha value is -2.88. The molecule has 1 unspecified atom stereocenters. The van der Waals surface area contributed by atoms with E-state index >= 15 is 0 Å². The van der Waals surface area contributed by atoms with E-state index in [4.69, 9.17) is 11.6 Å². The van der Waals surface area contributed by atoms with Crippen LogP contribution in [0.5, 0.6) is 5.88 Å². The van der Waals surface area contributed by atoms with E-state index in [1.807, 2.05) is 0 Å². The number of carbonyl (C=O) groups excluding carboxylic acids is 2. The molecule has 0 radical (unpaired) electrons. The van der Waals surface area contributed by atoms with Gasteiger partial charge in [-0.25, -0.2) is 4.98 Å². The third-order valence-electron chi connectivity index (χ3n) is 4.72. The van der Waals surface area contributed by atoms with Crippen LogP contribution in [0.15, 0.2) is 24.5 Å². The van der Waals surface area contributed by atoms with E-state index in [2.05, 4.69) is 20.0 Å². The largest absolute Gasteiger partial charge is 0.467 e. The number of hydrogen-bond donors (Lipinski definition) is 1. The third kappa shape index (κ3) is 4.64. The first kappa shape index (κ1) is 21.8. The second-order valence-electron chi connectivity index (χ2n) is 6.70. The summed E-state index contributed by atoms with van der Waals surface area (Å²) in [5, 5.41) is 2.44. The van der Waals surface area contributed by atoms with E-state index in [1.54, 1.807) is 17.9 Å². The van der Waals surface area contributed by atoms with Crippen LogP contribution >= 0.6 is 11.6 Å². The van der Waals surface area contributed by atoms with Crippen LogP contribution in [-0.2, 0) is 17.8 Å². The van der Waals surface area contributed by atoms with Crippen molar-refractivity contribution in [3.63, 3.8) is 0 Å². The molecule has 30 heavy (non-hydrogen) atoms. The molecule has 0 aliphatic carbocycles. The zero-order valence-corrected chi connectivity index (χ0v) is 16.8. The van der Waals surface area contributed by atoms with Crippen molar-refractivity contribution < 1.29 is 27.5 Å². The minimum atomic E-state index is -4.51. The number of rotatable bonds is 6. The molecule has 2 aromatic rings. The molecular formula is C19H18ClF3N4O3. The van der Waals surface area contributed by atoms with Gasteiger partial charge in [-0.3, -0.25) is 14.6 Å². The molecule has 2 aromatic heterocycles. The van der Waals surface area contributed by atoms with Gasteiger partial charge in [0.15, 0.2) is 6.61 Å². The molecule has 0 saturated carbocycles. The first-order chi connectivity index (χ1) is 14.1. The van der Waals surface area contributed by atoms with Crippen LogP contribution in [-0.4, -0.2) is 46.5 Å². The van der Waals surface area contributed by atoms with Crippen LogP contribution in [0.4, 0.5) is 13.2 Å². The van der Waals surface area contributed by atoms with Gasteiger partial charge >= 0.3 is 6.18 Å². The highest BCUT2D eigenvalue weighted by molar-refractivity contribution is 6.31. The number of aromatic nitrogens is 2. The topological polar surface area (TPSA) is 84.4 Å². The highest BCUT2D eigenvalue weighted by atomic mass is 35.5. The maximum atomic E-state index is 12.9. The van der Waals surface area contributed by atoms with Crippen molar-refractivity contribution in [1.29, 1.82) is 0 Å². The summed E-state index contributed by atoms with van der Waals surface area (Å²) in [6.07, 6.45) is -1.66. The Balaban J connectivity index is 1.80. The summed E-state index contributed by atoms with van der Waals surface area (Å²) in [6.45, 7) is 0.480. The predicted molar refractivity (Wildman–Crippen MR) is 101 cm³/mol. The van der Waals surface area contributed by atoms with E-state index in [-0.39, 0.29) is 35.7 Å². The number of nitrogens with one attached hydrogen (secondary N) is 1. The molecule has 11 heteroatoms. The number of pyridine rings is 2. The van der Waals surface area contributed by atoms with Crippen LogP contribution in [0, 0.1) is 0 Å². The number of ether oxygens (including phenoxy) is 1. The summed E-state index contributed by atoms with van der Waals surface area (Å²) in [4.78, 5) is 34.2. The quantitative estimate of drug-likeness (QED) is 0.743. The fraction of sp³-hybridized carbons (Fsp3) is 0.368. The van der Waals surface area contributed by atoms with Crippen molar-refractivity contribution in [2.45, 2.75) is 32.1 Å². The lowest BCUT2D eigenvalue weighted by atomic mass is 10.1. The average Bonchev–Trinajstić information content (AvgIpc) is 3.03. The number of halogens is 4. The SMILES string of the molecule is CNC(=O)Cc1nccc2c1CN(C(C)c1cnc(OCC(F)(F)F)c(Cl)c1)C2=O. The second kappa shape index (κ2) is 8.47. The van der Waals surface area contributed by atoms with Crippen molar-refractivity contribution in [2.75, 3.05) is 13.7 Å². The minimum Gasteiger partial charge on any atom is -0.467 e. The van der Waals surface area contributed by atoms with Crippen LogP contribution in [0.25, 0.3) is 0 Å². The molecule has 1 aliphatic rings. The summed E-state index contributed by atoms with van der Waals surface area (Å²) in [6, 6.07) is 2.54. The lowest BCUT2D eigenvalue weighted by Gasteiger charge is -2.25. The molecule has 160 valence electrons. The number of amides is 2. The van der Waals surface area contributed by atoms with E-state index in [0.717, 1.165) is 0 Å². The van der Waals surface area contributed by atoms with Crippen molar-refractivity contribution in [3.05, 3.63) is 51.9 Å². The van der Waals surface area contributed by atoms with Crippen LogP contribution < -0.4 is 10.1 Å². The van der Waals surface area contributed by atoms with Gasteiger partial charge in [-0.05, 0) is 24.6 Å². The van der Waals surface area contributed by atoms with Crippen molar-refractivity contribution >= 4 is 23.4 Å². The molecule has 0 spiro atoms. The van der Waals surface area contributed by atoms with Gasteiger partial charge in [-0.15, -0.1) is 0 Å². The van der Waals surface area contributed by atoms with Crippen LogP contribution in [0.2, 0.25) is 5.02 Å². The number of nitrogens with zero attached hydrogens (tertiary/aromatic N) is 3. The van der Waals surface area contributed by atoms with Crippen molar-refractivity contribution in [3.8, 4) is 5.88 Å². The first-order valence-corrected chi connectivity index (χ1v) is 9.31. The lowest BCUT2D eigenvalue weighted by molar-refractivity contribution is -0.154. The van der Waals surface area contributed by atoms with Gasteiger partial charge in [0.2, 0.25) is 11.8 Å². The Kier molecular flexibility index (Phi) is 6.16. The first-order valence-electron chi connectivity index (χ1n) is 8.94. The molecule has 3 heterocycles. The molecule has 1 atom stereocenters. The highest BCUT2D eigenvalue weighted by Crippen LogP contribution is 2.34. The molecule has 2 amide bonds. The van der Waals surface area contributed by atoms with Crippen molar-refractivity contribution in [2.24, 2.45) is 0 Å². The van der Waals surface area contributed by atoms with Gasteiger partial charge < -0.3 is 15.0 Å². The zero-order valence-electron chi connectivity index (χ0n) is 16.1. The highest BCUT2D eigenvalue weighted by Gasteiger charge is 2.34. The number of hydrogen-bond acceptors (Lipinski definition) is 5. The summed E-state index contributed by atoms with van der Waals surface area (Å²) < 4.78 is 41.6. The molecule has 3 rings (SSSR count). The molecule has 1 N–H and O–H groups in total. The molecule has 1 aliphatic heterocycles. The molecule has 0 saturated heterocycles. The van der Waals surface area contributed by atoms with Gasteiger partial charge in [0.25, 0.3) is 5.91 Å². The van der Waals surface area contributed by atoms with Gasteiger partial charge in [-0.2, -0.15) is 13.2 Å². The Labute approximate surface area is 175 Å². The van der Waals surface area contributed by atoms with Gasteiger partial charge in [0.05, 0.1) is 18.2 Å². The van der Waals surface area contributed by atoms with Crippen LogP contribution in [0.1, 0.15) is 40.1 Å². The monoisotopic (exact) mass is 442 g/mol. The molecule has 0 fully saturated rings. The predicted octanol–water partition coefficient (Wildman–Crippen LogP) is 3.08. The van der Waals surface area contributed by atoms with Gasteiger partial charge in [0.1, 0.15) is 5.02 Å². The average molecular weight is 443 g/mol. The lowest BCUT2D eigenvalue weighted by Crippen LogP contribution is -2.27. The number of fused-ring (bicyclic) bond motifs is 1. The summed E-state index contributed by atoms with van der Waals surface area (Å²) >= 11 is 6.02. The van der Waals surface area contributed by atoms with Crippen molar-refractivity contribution in [1.82, 2.24) is 20.2 Å². The van der Waals surface area contributed by atoms with E-state index in [9.17, 15) is 22.8 Å². The van der Waals surface area contributed by atoms with E-state index in [0.29, 0.717) is 22.4 Å². The molecule has 0 aromatic carbocycles. The summed E-state index contributed by atoms with van der Waals surface area (Å²) in [7, 11) is 1.52. The van der Waals surface area contributed by atoms with E-state index < -0.39 is 18.8 Å². The summed E-state index contributed by atoms with van der Waals surface area (Å²) in [5.74, 6) is -0.801. The Morgan fingerprint density at radius 2 is 2.13 bits per heavy atom. The molecule has 7 nitrogen and oxygen atoms in total.